The maximum Gasteiger partial charge on any atom is 0.351 e. The van der Waals surface area contributed by atoms with Gasteiger partial charge in [0.05, 0.1) is 12.3 Å². The Morgan fingerprint density at radius 1 is 1.55 bits per heavy atom. The van der Waals surface area contributed by atoms with E-state index >= 15 is 0 Å². The van der Waals surface area contributed by atoms with Gasteiger partial charge < -0.3 is 20.7 Å². The van der Waals surface area contributed by atoms with Crippen LogP contribution >= 0.6 is 0 Å². The third-order valence-corrected chi connectivity index (χ3v) is 3.35. The molecule has 0 saturated carbocycles. The van der Waals surface area contributed by atoms with Crippen LogP contribution in [0, 0.1) is 5.82 Å². The third kappa shape index (κ3) is 3.06. The number of ether oxygens (including phenoxy) is 1. The number of hydrogen-bond donors (Lipinski definition) is 3. The van der Waals surface area contributed by atoms with E-state index in [4.69, 9.17) is 10.5 Å². The minimum absolute atomic E-state index is 0.0886. The largest absolute Gasteiger partial charge is 0.388 e. The molecule has 0 aliphatic carbocycles. The summed E-state index contributed by atoms with van der Waals surface area (Å²) in [5.41, 5.74) is 4.23. The van der Waals surface area contributed by atoms with E-state index in [2.05, 4.69) is 11.6 Å². The Balaban J connectivity index is 2.23. The number of aliphatic hydroxyl groups is 2. The van der Waals surface area contributed by atoms with Crippen LogP contribution in [0.15, 0.2) is 23.6 Å². The number of nitrogens with two attached hydrogens (primary N) is 1. The predicted molar refractivity (Wildman–Crippen MR) is 73.2 cm³/mol. The summed E-state index contributed by atoms with van der Waals surface area (Å²) in [6.45, 7) is 3.42. The molecule has 9 heteroatoms. The zero-order valence-corrected chi connectivity index (χ0v) is 11.6. The van der Waals surface area contributed by atoms with Gasteiger partial charge in [-0.1, -0.05) is 6.08 Å². The van der Waals surface area contributed by atoms with Gasteiger partial charge in [0.2, 0.25) is 0 Å². The number of halogens is 1. The smallest absolute Gasteiger partial charge is 0.351 e. The molecule has 8 nitrogen and oxygen atoms in total. The summed E-state index contributed by atoms with van der Waals surface area (Å²) < 4.78 is 19.4. The van der Waals surface area contributed by atoms with Gasteiger partial charge in [-0.2, -0.15) is 4.98 Å². The van der Waals surface area contributed by atoms with Crippen LogP contribution < -0.4 is 11.4 Å². The predicted octanol–water partition coefficient (Wildman–Crippen LogP) is -0.881. The van der Waals surface area contributed by atoms with Gasteiger partial charge in [-0.25, -0.2) is 9.18 Å². The van der Waals surface area contributed by atoms with Crippen molar-refractivity contribution in [3.05, 3.63) is 35.2 Å². The number of nitrogens with zero attached hydrogens (tertiary/aromatic N) is 2. The lowest BCUT2D eigenvalue weighted by molar-refractivity contribution is -0.123. The van der Waals surface area contributed by atoms with Crippen LogP contribution in [-0.2, 0) is 9.53 Å². The van der Waals surface area contributed by atoms with Crippen LogP contribution in [0.5, 0.6) is 0 Å². The van der Waals surface area contributed by atoms with Crippen LogP contribution in [0.4, 0.5) is 10.2 Å². The van der Waals surface area contributed by atoms with Gasteiger partial charge in [0.15, 0.2) is 17.9 Å². The van der Waals surface area contributed by atoms with Gasteiger partial charge in [0, 0.05) is 12.8 Å². The Kier molecular flexibility index (Phi) is 4.69. The van der Waals surface area contributed by atoms with Crippen LogP contribution in [0.1, 0.15) is 19.1 Å². The quantitative estimate of drug-likeness (QED) is 0.602. The van der Waals surface area contributed by atoms with Crippen molar-refractivity contribution in [1.82, 2.24) is 9.55 Å². The Hall–Kier alpha value is -2.10. The van der Waals surface area contributed by atoms with Crippen LogP contribution in [0.3, 0.4) is 0 Å². The van der Waals surface area contributed by atoms with Crippen molar-refractivity contribution in [3.8, 4) is 0 Å². The Labute approximate surface area is 124 Å². The van der Waals surface area contributed by atoms with Crippen LogP contribution in [0.2, 0.25) is 0 Å². The molecule has 0 aromatic carbocycles. The molecule has 1 aliphatic rings. The number of carbonyl (C=O) groups is 1. The Morgan fingerprint density at radius 3 is 2.86 bits per heavy atom. The van der Waals surface area contributed by atoms with Crippen molar-refractivity contribution in [2.75, 3.05) is 5.73 Å². The zero-order chi connectivity index (χ0) is 16.4. The monoisotopic (exact) mass is 313 g/mol. The first-order chi connectivity index (χ1) is 10.3. The topological polar surface area (TPSA) is 128 Å². The first-order valence-corrected chi connectivity index (χ1v) is 6.53. The van der Waals surface area contributed by atoms with Crippen molar-refractivity contribution in [3.63, 3.8) is 0 Å². The van der Waals surface area contributed by atoms with Gasteiger partial charge in [-0.3, -0.25) is 9.36 Å². The molecule has 4 N–H and O–H groups in total. The van der Waals surface area contributed by atoms with Gasteiger partial charge in [-0.05, 0) is 0 Å². The second-order valence-electron chi connectivity index (χ2n) is 4.95. The van der Waals surface area contributed by atoms with E-state index in [0.717, 1.165) is 6.20 Å². The molecule has 22 heavy (non-hydrogen) atoms. The highest BCUT2D eigenvalue weighted by Gasteiger charge is 2.44. The van der Waals surface area contributed by atoms with E-state index in [1.807, 2.05) is 0 Å². The molecule has 120 valence electrons. The van der Waals surface area contributed by atoms with Crippen molar-refractivity contribution >= 4 is 11.6 Å². The van der Waals surface area contributed by atoms with Crippen LogP contribution in [-0.4, -0.2) is 43.9 Å². The van der Waals surface area contributed by atoms with Gasteiger partial charge in [0.1, 0.15) is 18.0 Å². The minimum atomic E-state index is -1.51. The minimum Gasteiger partial charge on any atom is -0.388 e. The third-order valence-electron chi connectivity index (χ3n) is 3.35. The summed E-state index contributed by atoms with van der Waals surface area (Å²) in [6.07, 6.45) is -3.21. The number of nitrogen functional groups attached to an aromatic ring is 1. The van der Waals surface area contributed by atoms with Gasteiger partial charge >= 0.3 is 5.69 Å². The van der Waals surface area contributed by atoms with Crippen molar-refractivity contribution in [1.29, 1.82) is 0 Å². The molecule has 1 fully saturated rings. The van der Waals surface area contributed by atoms with Crippen molar-refractivity contribution < 1.29 is 24.1 Å². The number of hydrogen-bond acceptors (Lipinski definition) is 7. The SMILES string of the molecule is C=CCC(=O)C[C@H]1O[C@@H](n2cc(F)c(N)nc2=O)[C@H](O)[C@@H]1O. The fourth-order valence-electron chi connectivity index (χ4n) is 2.24. The number of anilines is 1. The molecule has 0 amide bonds. The molecule has 1 aliphatic heterocycles. The molecule has 0 bridgehead atoms. The normalized spacial score (nSPS) is 27.8. The molecule has 1 aromatic rings. The fraction of sp³-hybridized carbons (Fsp3) is 0.462. The number of Topliss-reactive ketones (excluding diaryl/α,β-unsaturated/α-hetero) is 1. The van der Waals surface area contributed by atoms with E-state index in [1.165, 1.54) is 6.08 Å². The summed E-state index contributed by atoms with van der Waals surface area (Å²) in [5.74, 6) is -1.79. The number of aromatic nitrogens is 2. The van der Waals surface area contributed by atoms with Crippen molar-refractivity contribution in [2.24, 2.45) is 0 Å². The number of carbonyl (C=O) groups excluding carboxylic acids is 1. The molecule has 0 unspecified atom stereocenters. The lowest BCUT2D eigenvalue weighted by atomic mass is 10.0. The molecule has 1 saturated heterocycles. The van der Waals surface area contributed by atoms with E-state index in [9.17, 15) is 24.2 Å². The second-order valence-corrected chi connectivity index (χ2v) is 4.95. The molecular formula is C13H16FN3O5. The number of rotatable bonds is 5. The average Bonchev–Trinajstić information content (AvgIpc) is 2.71. The molecular weight excluding hydrogens is 297 g/mol. The van der Waals surface area contributed by atoms with E-state index in [0.29, 0.717) is 4.57 Å². The standard InChI is InChI=1S/C13H16FN3O5/c1-2-3-6(18)4-8-9(19)10(20)12(22-8)17-5-7(14)11(15)16-13(17)21/h2,5,8-10,12,19-20H,1,3-4H2,(H2,15,16,21)/t8-,9-,10-,12-/m1/s1. The van der Waals surface area contributed by atoms with E-state index in [-0.39, 0.29) is 18.6 Å². The molecule has 1 aromatic heterocycles. The average molecular weight is 313 g/mol. The maximum atomic E-state index is 13.4. The van der Waals surface area contributed by atoms with Gasteiger partial charge in [0.25, 0.3) is 0 Å². The lowest BCUT2D eigenvalue weighted by Crippen LogP contribution is -2.36. The maximum absolute atomic E-state index is 13.4. The summed E-state index contributed by atoms with van der Waals surface area (Å²) in [7, 11) is 0. The molecule has 2 rings (SSSR count). The zero-order valence-electron chi connectivity index (χ0n) is 11.6. The first kappa shape index (κ1) is 16.3. The number of ketones is 1. The lowest BCUT2D eigenvalue weighted by Gasteiger charge is -2.17. The summed E-state index contributed by atoms with van der Waals surface area (Å²) in [5, 5.41) is 19.9. The Bertz CT molecular complexity index is 647. The van der Waals surface area contributed by atoms with Gasteiger partial charge in [-0.15, -0.1) is 6.58 Å². The highest BCUT2D eigenvalue weighted by atomic mass is 19.1. The molecule has 2 heterocycles. The summed E-state index contributed by atoms with van der Waals surface area (Å²) in [6, 6.07) is 0. The number of aliphatic hydroxyl groups excluding tert-OH is 2. The fourth-order valence-corrected chi connectivity index (χ4v) is 2.24. The molecule has 4 atom stereocenters. The number of allylic oxidation sites excluding steroid dienone is 1. The Morgan fingerprint density at radius 2 is 2.23 bits per heavy atom. The highest BCUT2D eigenvalue weighted by Crippen LogP contribution is 2.30. The van der Waals surface area contributed by atoms with E-state index < -0.39 is 41.9 Å². The summed E-state index contributed by atoms with van der Waals surface area (Å²) in [4.78, 5) is 26.5. The first-order valence-electron chi connectivity index (χ1n) is 6.53. The molecule has 0 spiro atoms. The second kappa shape index (κ2) is 6.34. The van der Waals surface area contributed by atoms with Crippen molar-refractivity contribution in [2.45, 2.75) is 37.4 Å². The van der Waals surface area contributed by atoms with E-state index in [1.54, 1.807) is 0 Å². The molecule has 0 radical (unpaired) electrons. The summed E-state index contributed by atoms with van der Waals surface area (Å²) >= 11 is 0. The highest BCUT2D eigenvalue weighted by molar-refractivity contribution is 5.80. The van der Waals surface area contributed by atoms with Crippen LogP contribution in [0.25, 0.3) is 0 Å².